The van der Waals surface area contributed by atoms with E-state index in [9.17, 15) is 9.90 Å². The maximum Gasteiger partial charge on any atom is 0.150 e. The van der Waals surface area contributed by atoms with Crippen molar-refractivity contribution in [3.8, 4) is 11.5 Å². The number of ether oxygens (including phenoxy) is 1. The number of phenolic OH excluding ortho intramolecular Hbond substituents is 1. The molecule has 0 fully saturated rings. The van der Waals surface area contributed by atoms with Gasteiger partial charge in [-0.2, -0.15) is 0 Å². The predicted molar refractivity (Wildman–Crippen MR) is 156 cm³/mol. The van der Waals surface area contributed by atoms with Crippen molar-refractivity contribution in [2.45, 2.75) is 13.3 Å². The van der Waals surface area contributed by atoms with Gasteiger partial charge in [-0.1, -0.05) is 30.3 Å². The zero-order valence-electron chi connectivity index (χ0n) is 21.5. The summed E-state index contributed by atoms with van der Waals surface area (Å²) in [5.41, 5.74) is 12.3. The Labute approximate surface area is 223 Å². The molecule has 1 aliphatic rings. The first-order valence-corrected chi connectivity index (χ1v) is 12.5. The fraction of sp³-hybridized carbons (Fsp3) is 0.200. The van der Waals surface area contributed by atoms with Crippen molar-refractivity contribution in [1.29, 1.82) is 0 Å². The van der Waals surface area contributed by atoms with Gasteiger partial charge in [-0.05, 0) is 65.8 Å². The first-order chi connectivity index (χ1) is 17.9. The highest BCUT2D eigenvalue weighted by atomic mass is 35.5. The average Bonchev–Trinajstić information content (AvgIpc) is 3.30. The standard InChI is InChI=1S/C15H14N2O2.C14H15NO.CH3Cl/c1-19-15-8-12(10-18)4-7-14(15)17-9-11-2-5-13(16)6-3-11;1-9-4-3-5-11-13(16)8-12-10(14(9)11)6-7-15(12)2;1-2/h2-10H,16H2,1H3;3-5,8,16H,6-7H2,1-2H3;1H3. The second kappa shape index (κ2) is 12.8. The zero-order valence-corrected chi connectivity index (χ0v) is 22.3. The van der Waals surface area contributed by atoms with E-state index < -0.39 is 0 Å². The molecule has 1 heterocycles. The Hall–Kier alpha value is -4.03. The number of benzene rings is 4. The molecule has 0 bridgehead atoms. The minimum Gasteiger partial charge on any atom is -0.507 e. The van der Waals surface area contributed by atoms with Crippen molar-refractivity contribution in [2.75, 3.05) is 37.7 Å². The molecule has 7 heteroatoms. The van der Waals surface area contributed by atoms with Gasteiger partial charge in [0.15, 0.2) is 0 Å². The lowest BCUT2D eigenvalue weighted by molar-refractivity contribution is 0.112. The van der Waals surface area contributed by atoms with E-state index in [0.717, 1.165) is 30.2 Å². The summed E-state index contributed by atoms with van der Waals surface area (Å²) < 4.78 is 5.20. The molecule has 0 aromatic heterocycles. The van der Waals surface area contributed by atoms with Crippen molar-refractivity contribution >= 4 is 51.9 Å². The van der Waals surface area contributed by atoms with Crippen LogP contribution in [0.5, 0.6) is 11.5 Å². The Morgan fingerprint density at radius 1 is 1.05 bits per heavy atom. The third kappa shape index (κ3) is 6.40. The highest BCUT2D eigenvalue weighted by Crippen LogP contribution is 2.40. The maximum atomic E-state index is 10.7. The number of aromatic hydroxyl groups is 1. The number of aldehydes is 1. The Morgan fingerprint density at radius 2 is 1.76 bits per heavy atom. The lowest BCUT2D eigenvalue weighted by atomic mass is 9.97. The van der Waals surface area contributed by atoms with Gasteiger partial charge in [0.05, 0.1) is 7.11 Å². The van der Waals surface area contributed by atoms with Crippen LogP contribution < -0.4 is 15.4 Å². The first-order valence-electron chi connectivity index (χ1n) is 11.8. The van der Waals surface area contributed by atoms with Crippen molar-refractivity contribution in [3.05, 3.63) is 89.0 Å². The van der Waals surface area contributed by atoms with E-state index in [1.165, 1.54) is 28.6 Å². The van der Waals surface area contributed by atoms with Crippen LogP contribution in [0.25, 0.3) is 10.8 Å². The van der Waals surface area contributed by atoms with Crippen LogP contribution in [0.3, 0.4) is 0 Å². The molecule has 3 N–H and O–H groups in total. The molecule has 0 spiro atoms. The molecule has 0 radical (unpaired) electrons. The van der Waals surface area contributed by atoms with E-state index in [-0.39, 0.29) is 0 Å². The van der Waals surface area contributed by atoms with Crippen LogP contribution in [0.15, 0.2) is 71.7 Å². The number of aryl methyl sites for hydroxylation is 1. The molecule has 0 saturated carbocycles. The lowest BCUT2D eigenvalue weighted by Gasteiger charge is -2.14. The molecule has 0 saturated heterocycles. The second-order valence-corrected chi connectivity index (χ2v) is 8.54. The minimum absolute atomic E-state index is 0.395. The number of alkyl halides is 1. The number of hydrogen-bond donors (Lipinski definition) is 2. The summed E-state index contributed by atoms with van der Waals surface area (Å²) in [6.07, 6.45) is 5.04. The smallest absolute Gasteiger partial charge is 0.150 e. The molecule has 0 aliphatic carbocycles. The monoisotopic (exact) mass is 517 g/mol. The molecule has 5 rings (SSSR count). The number of rotatable bonds is 4. The van der Waals surface area contributed by atoms with E-state index in [0.29, 0.717) is 28.4 Å². The second-order valence-electron chi connectivity index (χ2n) is 8.54. The van der Waals surface area contributed by atoms with Crippen LogP contribution in [0.2, 0.25) is 0 Å². The predicted octanol–water partition coefficient (Wildman–Crippen LogP) is 6.54. The van der Waals surface area contributed by atoms with Crippen molar-refractivity contribution in [3.63, 3.8) is 0 Å². The Bertz CT molecular complexity index is 1400. The number of fused-ring (bicyclic) bond motifs is 3. The van der Waals surface area contributed by atoms with Crippen LogP contribution in [-0.2, 0) is 6.42 Å². The van der Waals surface area contributed by atoms with Crippen LogP contribution in [0, 0.1) is 6.92 Å². The molecule has 4 aromatic carbocycles. The van der Waals surface area contributed by atoms with Crippen LogP contribution >= 0.6 is 11.6 Å². The van der Waals surface area contributed by atoms with Gasteiger partial charge in [-0.25, -0.2) is 0 Å². The maximum absolute atomic E-state index is 10.7. The summed E-state index contributed by atoms with van der Waals surface area (Å²) in [7, 11) is 3.63. The van der Waals surface area contributed by atoms with E-state index in [4.69, 9.17) is 10.5 Å². The Balaban J connectivity index is 0.000000195. The largest absolute Gasteiger partial charge is 0.507 e. The number of carbonyl (C=O) groups is 1. The van der Waals surface area contributed by atoms with Gasteiger partial charge in [0.2, 0.25) is 0 Å². The molecule has 192 valence electrons. The quantitative estimate of drug-likeness (QED) is 0.139. The minimum atomic E-state index is 0.395. The number of methoxy groups -OCH3 is 1. The summed E-state index contributed by atoms with van der Waals surface area (Å²) in [6.45, 7) is 3.16. The number of carbonyl (C=O) groups excluding carboxylic acids is 1. The van der Waals surface area contributed by atoms with Gasteiger partial charge in [0.1, 0.15) is 23.5 Å². The third-order valence-electron chi connectivity index (χ3n) is 6.17. The van der Waals surface area contributed by atoms with Gasteiger partial charge in [0, 0.05) is 54.6 Å². The van der Waals surface area contributed by atoms with Crippen molar-refractivity contribution in [1.82, 2.24) is 0 Å². The topological polar surface area (TPSA) is 88.1 Å². The Kier molecular flexibility index (Phi) is 9.52. The molecular weight excluding hydrogens is 486 g/mol. The number of nitrogens with zero attached hydrogens (tertiary/aromatic N) is 2. The lowest BCUT2D eigenvalue weighted by Crippen LogP contribution is -2.12. The molecule has 0 unspecified atom stereocenters. The molecule has 37 heavy (non-hydrogen) atoms. The molecule has 6 nitrogen and oxygen atoms in total. The molecular formula is C30H32ClN3O3. The number of likely N-dealkylation sites (N-methyl/N-ethyl adjacent to an activating group) is 1. The van der Waals surface area contributed by atoms with Gasteiger partial charge >= 0.3 is 0 Å². The summed E-state index contributed by atoms with van der Waals surface area (Å²) in [4.78, 5) is 17.2. The zero-order chi connectivity index (χ0) is 26.9. The van der Waals surface area contributed by atoms with E-state index >= 15 is 0 Å². The van der Waals surface area contributed by atoms with Crippen LogP contribution in [-0.4, -0.2) is 44.7 Å². The number of anilines is 2. The highest BCUT2D eigenvalue weighted by molar-refractivity contribution is 6.15. The van der Waals surface area contributed by atoms with E-state index in [2.05, 4.69) is 41.5 Å². The summed E-state index contributed by atoms with van der Waals surface area (Å²) in [5.74, 6) is 0.961. The number of halogens is 1. The van der Waals surface area contributed by atoms with E-state index in [1.54, 1.807) is 31.5 Å². The third-order valence-corrected chi connectivity index (χ3v) is 6.17. The SMILES string of the molecule is CCl.COc1cc(C=O)ccc1N=Cc1ccc(N)cc1.Cc1cccc2c(O)cc3c(c12)CCN3C. The number of nitrogen functional groups attached to an aromatic ring is 1. The fourth-order valence-corrected chi connectivity index (χ4v) is 4.30. The fourth-order valence-electron chi connectivity index (χ4n) is 4.30. The number of nitrogens with two attached hydrogens (primary N) is 1. The highest BCUT2D eigenvalue weighted by Gasteiger charge is 2.21. The number of aliphatic imine (C=N–C) groups is 1. The summed E-state index contributed by atoms with van der Waals surface area (Å²) >= 11 is 4.64. The summed E-state index contributed by atoms with van der Waals surface area (Å²) in [6, 6.07) is 20.5. The molecule has 0 amide bonds. The number of phenols is 1. The average molecular weight is 518 g/mol. The van der Waals surface area contributed by atoms with Gasteiger partial charge in [0.25, 0.3) is 0 Å². The normalized spacial score (nSPS) is 11.9. The van der Waals surface area contributed by atoms with Gasteiger partial charge in [-0.15, -0.1) is 11.6 Å². The molecule has 0 atom stereocenters. The van der Waals surface area contributed by atoms with Crippen LogP contribution in [0.4, 0.5) is 17.1 Å². The Morgan fingerprint density at radius 3 is 2.43 bits per heavy atom. The molecule has 4 aromatic rings. The van der Waals surface area contributed by atoms with Crippen LogP contribution in [0.1, 0.15) is 27.0 Å². The van der Waals surface area contributed by atoms with Crippen molar-refractivity contribution < 1.29 is 14.6 Å². The van der Waals surface area contributed by atoms with Gasteiger partial charge in [-0.3, -0.25) is 9.79 Å². The number of hydrogen-bond acceptors (Lipinski definition) is 6. The van der Waals surface area contributed by atoms with E-state index in [1.807, 2.05) is 42.5 Å². The van der Waals surface area contributed by atoms with Crippen molar-refractivity contribution in [2.24, 2.45) is 4.99 Å². The first kappa shape index (κ1) is 27.6. The molecule has 1 aliphatic heterocycles. The van der Waals surface area contributed by atoms with Gasteiger partial charge < -0.3 is 20.5 Å². The summed E-state index contributed by atoms with van der Waals surface area (Å²) in [5, 5.41) is 12.3.